The highest BCUT2D eigenvalue weighted by molar-refractivity contribution is 6.02. The molecule has 8 nitrogen and oxygen atoms in total. The number of carbonyl (C=O) groups excluding carboxylic acids is 4. The maximum atomic E-state index is 12.5. The zero-order valence-corrected chi connectivity index (χ0v) is 16.8. The number of Topliss-reactive ketones (excluding diaryl/α,β-unsaturated/α-hetero) is 1. The Balaban J connectivity index is 1.52. The van der Waals surface area contributed by atoms with Crippen LogP contribution >= 0.6 is 0 Å². The molecule has 0 unspecified atom stereocenters. The van der Waals surface area contributed by atoms with Gasteiger partial charge in [-0.25, -0.2) is 0 Å². The molecule has 2 aliphatic rings. The average molecular weight is 402 g/mol. The van der Waals surface area contributed by atoms with E-state index in [0.29, 0.717) is 49.5 Å². The number of esters is 1. The van der Waals surface area contributed by atoms with Crippen LogP contribution in [0.15, 0.2) is 18.2 Å². The predicted octanol–water partition coefficient (Wildman–Crippen LogP) is 1.81. The first kappa shape index (κ1) is 20.8. The molecule has 0 aliphatic carbocycles. The Morgan fingerprint density at radius 3 is 2.59 bits per heavy atom. The van der Waals surface area contributed by atoms with Gasteiger partial charge in [-0.3, -0.25) is 19.2 Å². The first-order chi connectivity index (χ1) is 13.9. The van der Waals surface area contributed by atoms with E-state index in [4.69, 9.17) is 9.47 Å². The lowest BCUT2D eigenvalue weighted by atomic mass is 9.96. The third kappa shape index (κ3) is 4.75. The van der Waals surface area contributed by atoms with Crippen LogP contribution in [-0.4, -0.2) is 61.8 Å². The van der Waals surface area contributed by atoms with E-state index in [2.05, 4.69) is 0 Å². The van der Waals surface area contributed by atoms with Crippen molar-refractivity contribution >= 4 is 29.3 Å². The third-order valence-electron chi connectivity index (χ3n) is 5.40. The molecule has 0 spiro atoms. The lowest BCUT2D eigenvalue weighted by Gasteiger charge is -2.31. The van der Waals surface area contributed by atoms with E-state index in [1.807, 2.05) is 0 Å². The molecule has 0 atom stereocenters. The van der Waals surface area contributed by atoms with E-state index in [-0.39, 0.29) is 48.9 Å². The van der Waals surface area contributed by atoms with Gasteiger partial charge in [0.1, 0.15) is 5.75 Å². The second kappa shape index (κ2) is 9.07. The summed E-state index contributed by atoms with van der Waals surface area (Å²) in [7, 11) is 1.64. The molecular weight excluding hydrogens is 376 g/mol. The van der Waals surface area contributed by atoms with E-state index in [0.717, 1.165) is 0 Å². The number of benzene rings is 1. The van der Waals surface area contributed by atoms with Crippen LogP contribution in [0.5, 0.6) is 5.75 Å². The van der Waals surface area contributed by atoms with Gasteiger partial charge in [0.05, 0.1) is 18.2 Å². The fourth-order valence-electron chi connectivity index (χ4n) is 3.59. The zero-order chi connectivity index (χ0) is 21.0. The molecule has 2 amide bonds. The van der Waals surface area contributed by atoms with Gasteiger partial charge in [0.15, 0.2) is 12.4 Å². The standard InChI is InChI=1S/C21H26N2O6/c1-3-28-21(27)14-8-10-23(11-9-14)19(25)7-5-17(24)15-4-6-18-16(12-15)22(2)20(26)13-29-18/h4,6,12,14H,3,5,7-11,13H2,1-2H3. The Bertz CT molecular complexity index is 813. The second-order valence-corrected chi connectivity index (χ2v) is 7.25. The second-order valence-electron chi connectivity index (χ2n) is 7.25. The molecule has 29 heavy (non-hydrogen) atoms. The molecule has 0 radical (unpaired) electrons. The SMILES string of the molecule is CCOC(=O)C1CCN(C(=O)CCC(=O)c2ccc3c(c2)N(C)C(=O)CO3)CC1. The summed E-state index contributed by atoms with van der Waals surface area (Å²) < 4.78 is 10.4. The molecule has 156 valence electrons. The molecule has 1 aromatic rings. The van der Waals surface area contributed by atoms with E-state index >= 15 is 0 Å². The number of likely N-dealkylation sites (N-methyl/N-ethyl adjacent to an activating group) is 1. The Kier molecular flexibility index (Phi) is 6.51. The number of anilines is 1. The van der Waals surface area contributed by atoms with Crippen LogP contribution in [0.2, 0.25) is 0 Å². The Labute approximate surface area is 169 Å². The molecule has 0 bridgehead atoms. The van der Waals surface area contributed by atoms with Crippen molar-refractivity contribution in [2.45, 2.75) is 32.6 Å². The van der Waals surface area contributed by atoms with Crippen molar-refractivity contribution in [3.05, 3.63) is 23.8 Å². The lowest BCUT2D eigenvalue weighted by Crippen LogP contribution is -2.40. The monoisotopic (exact) mass is 402 g/mol. The molecule has 8 heteroatoms. The van der Waals surface area contributed by atoms with Crippen molar-refractivity contribution < 1.29 is 28.7 Å². The van der Waals surface area contributed by atoms with E-state index in [1.54, 1.807) is 37.1 Å². The maximum absolute atomic E-state index is 12.5. The molecule has 0 saturated carbocycles. The van der Waals surface area contributed by atoms with Crippen LogP contribution in [-0.2, 0) is 19.1 Å². The Morgan fingerprint density at radius 2 is 1.90 bits per heavy atom. The molecule has 2 heterocycles. The maximum Gasteiger partial charge on any atom is 0.309 e. The van der Waals surface area contributed by atoms with Gasteiger partial charge in [0.2, 0.25) is 5.91 Å². The fourth-order valence-corrected chi connectivity index (χ4v) is 3.59. The summed E-state index contributed by atoms with van der Waals surface area (Å²) >= 11 is 0. The highest BCUT2D eigenvalue weighted by Gasteiger charge is 2.28. The molecular formula is C21H26N2O6. The Hall–Kier alpha value is -2.90. The number of carbonyl (C=O) groups is 4. The van der Waals surface area contributed by atoms with Crippen molar-refractivity contribution in [3.8, 4) is 5.75 Å². The van der Waals surface area contributed by atoms with Gasteiger partial charge in [0.25, 0.3) is 5.91 Å². The van der Waals surface area contributed by atoms with E-state index < -0.39 is 0 Å². The van der Waals surface area contributed by atoms with Gasteiger partial charge in [-0.15, -0.1) is 0 Å². The number of amides is 2. The largest absolute Gasteiger partial charge is 0.482 e. The van der Waals surface area contributed by atoms with Crippen LogP contribution in [0.3, 0.4) is 0 Å². The van der Waals surface area contributed by atoms with E-state index in [9.17, 15) is 19.2 Å². The number of piperidine rings is 1. The fraction of sp³-hybridized carbons (Fsp3) is 0.524. The molecule has 1 fully saturated rings. The molecule has 1 saturated heterocycles. The van der Waals surface area contributed by atoms with Crippen LogP contribution in [0.1, 0.15) is 43.0 Å². The van der Waals surface area contributed by atoms with Crippen LogP contribution in [0.4, 0.5) is 5.69 Å². The summed E-state index contributed by atoms with van der Waals surface area (Å²) in [6.45, 7) is 3.12. The number of hydrogen-bond donors (Lipinski definition) is 0. The van der Waals surface area contributed by atoms with Crippen LogP contribution in [0, 0.1) is 5.92 Å². The number of hydrogen-bond acceptors (Lipinski definition) is 6. The van der Waals surface area contributed by atoms with Gasteiger partial charge in [-0.2, -0.15) is 0 Å². The Morgan fingerprint density at radius 1 is 1.17 bits per heavy atom. The first-order valence-electron chi connectivity index (χ1n) is 9.91. The topological polar surface area (TPSA) is 93.2 Å². The number of likely N-dealkylation sites (tertiary alicyclic amines) is 1. The predicted molar refractivity (Wildman–Crippen MR) is 105 cm³/mol. The first-order valence-corrected chi connectivity index (χ1v) is 9.91. The zero-order valence-electron chi connectivity index (χ0n) is 16.8. The quantitative estimate of drug-likeness (QED) is 0.532. The third-order valence-corrected chi connectivity index (χ3v) is 5.40. The van der Waals surface area contributed by atoms with Crippen molar-refractivity contribution in [3.63, 3.8) is 0 Å². The molecule has 0 N–H and O–H groups in total. The number of nitrogens with zero attached hydrogens (tertiary/aromatic N) is 2. The molecule has 0 aromatic heterocycles. The molecule has 3 rings (SSSR count). The van der Waals surface area contributed by atoms with Crippen molar-refractivity contribution in [2.75, 3.05) is 38.3 Å². The molecule has 1 aromatic carbocycles. The van der Waals surface area contributed by atoms with Gasteiger partial charge in [-0.05, 0) is 38.0 Å². The summed E-state index contributed by atoms with van der Waals surface area (Å²) in [6, 6.07) is 4.96. The minimum Gasteiger partial charge on any atom is -0.482 e. The van der Waals surface area contributed by atoms with Crippen molar-refractivity contribution in [1.29, 1.82) is 0 Å². The summed E-state index contributed by atoms with van der Waals surface area (Å²) in [5.41, 5.74) is 1.00. The summed E-state index contributed by atoms with van der Waals surface area (Å²) in [5.74, 6) is -0.219. The number of ketones is 1. The highest BCUT2D eigenvalue weighted by Crippen LogP contribution is 2.32. The molecule has 2 aliphatic heterocycles. The van der Waals surface area contributed by atoms with Gasteiger partial charge < -0.3 is 19.3 Å². The minimum absolute atomic E-state index is 0.0157. The van der Waals surface area contributed by atoms with Crippen molar-refractivity contribution in [2.24, 2.45) is 5.92 Å². The van der Waals surface area contributed by atoms with Crippen molar-refractivity contribution in [1.82, 2.24) is 4.90 Å². The summed E-state index contributed by atoms with van der Waals surface area (Å²) in [4.78, 5) is 51.7. The average Bonchev–Trinajstić information content (AvgIpc) is 2.74. The van der Waals surface area contributed by atoms with Crippen LogP contribution < -0.4 is 9.64 Å². The van der Waals surface area contributed by atoms with Crippen LogP contribution in [0.25, 0.3) is 0 Å². The normalized spacial score (nSPS) is 16.8. The smallest absolute Gasteiger partial charge is 0.309 e. The summed E-state index contributed by atoms with van der Waals surface area (Å²) in [5, 5.41) is 0. The van der Waals surface area contributed by atoms with E-state index in [1.165, 1.54) is 4.90 Å². The number of rotatable bonds is 6. The number of fused-ring (bicyclic) bond motifs is 1. The van der Waals surface area contributed by atoms with Gasteiger partial charge in [-0.1, -0.05) is 0 Å². The minimum atomic E-state index is -0.199. The highest BCUT2D eigenvalue weighted by atomic mass is 16.5. The number of ether oxygens (including phenoxy) is 2. The lowest BCUT2D eigenvalue weighted by molar-refractivity contribution is -0.151. The summed E-state index contributed by atoms with van der Waals surface area (Å²) in [6.07, 6.45) is 1.38. The van der Waals surface area contributed by atoms with Gasteiger partial charge >= 0.3 is 5.97 Å². The van der Waals surface area contributed by atoms with Gasteiger partial charge in [0, 0.05) is 38.5 Å².